The minimum atomic E-state index is -0.145. The summed E-state index contributed by atoms with van der Waals surface area (Å²) in [6, 6.07) is 1.74. The molecule has 0 spiro atoms. The van der Waals surface area contributed by atoms with Gasteiger partial charge in [-0.15, -0.1) is 0 Å². The van der Waals surface area contributed by atoms with Crippen molar-refractivity contribution < 1.29 is 9.47 Å². The zero-order chi connectivity index (χ0) is 12.2. The molecule has 1 aromatic rings. The number of ether oxygens (including phenoxy) is 2. The number of pyridine rings is 1. The number of halogens is 2. The molecule has 90 valence electrons. The van der Waals surface area contributed by atoms with Crippen LogP contribution in [0.5, 0.6) is 5.88 Å². The Morgan fingerprint density at radius 2 is 2.06 bits per heavy atom. The smallest absolute Gasteiger partial charge is 0.228 e. The maximum atomic E-state index is 5.77. The van der Waals surface area contributed by atoms with Crippen molar-refractivity contribution in [3.8, 4) is 5.88 Å². The zero-order valence-corrected chi connectivity index (χ0v) is 11.9. The highest BCUT2D eigenvalue weighted by Gasteiger charge is 2.10. The summed E-state index contributed by atoms with van der Waals surface area (Å²) in [5.41, 5.74) is -0.145. The molecule has 16 heavy (non-hydrogen) atoms. The van der Waals surface area contributed by atoms with Crippen molar-refractivity contribution in [2.75, 3.05) is 13.2 Å². The van der Waals surface area contributed by atoms with Crippen LogP contribution in [0.1, 0.15) is 20.8 Å². The molecular formula is C11H15BrClNO2. The van der Waals surface area contributed by atoms with Gasteiger partial charge in [-0.2, -0.15) is 0 Å². The maximum Gasteiger partial charge on any atom is 0.228 e. The average molecular weight is 309 g/mol. The van der Waals surface area contributed by atoms with Crippen molar-refractivity contribution in [3.05, 3.63) is 21.8 Å². The SMILES string of the molecule is CC(C)(C)OCCOc1ncc(Cl)cc1Br. The van der Waals surface area contributed by atoms with E-state index in [0.29, 0.717) is 24.1 Å². The van der Waals surface area contributed by atoms with Crippen LogP contribution in [0.25, 0.3) is 0 Å². The summed E-state index contributed by atoms with van der Waals surface area (Å²) < 4.78 is 11.7. The molecule has 1 rings (SSSR count). The van der Waals surface area contributed by atoms with Gasteiger partial charge >= 0.3 is 0 Å². The van der Waals surface area contributed by atoms with E-state index in [1.807, 2.05) is 20.8 Å². The number of nitrogens with zero attached hydrogens (tertiary/aromatic N) is 1. The number of rotatable bonds is 4. The standard InChI is InChI=1S/C11H15BrClNO2/c1-11(2,3)16-5-4-15-10-9(12)6-8(13)7-14-10/h6-7H,4-5H2,1-3H3. The predicted molar refractivity (Wildman–Crippen MR) is 68.1 cm³/mol. The first-order valence-electron chi connectivity index (χ1n) is 4.96. The molecule has 0 saturated heterocycles. The van der Waals surface area contributed by atoms with Crippen molar-refractivity contribution in [1.82, 2.24) is 4.98 Å². The van der Waals surface area contributed by atoms with Gasteiger partial charge in [0.05, 0.1) is 21.7 Å². The van der Waals surface area contributed by atoms with Gasteiger partial charge < -0.3 is 9.47 Å². The molecule has 0 bridgehead atoms. The monoisotopic (exact) mass is 307 g/mol. The molecular weight excluding hydrogens is 293 g/mol. The fourth-order valence-electron chi connectivity index (χ4n) is 0.994. The van der Waals surface area contributed by atoms with E-state index < -0.39 is 0 Å². The molecule has 0 saturated carbocycles. The fraction of sp³-hybridized carbons (Fsp3) is 0.545. The van der Waals surface area contributed by atoms with E-state index in [2.05, 4.69) is 20.9 Å². The predicted octanol–water partition coefficient (Wildman–Crippen LogP) is 3.69. The second-order valence-electron chi connectivity index (χ2n) is 4.25. The minimum Gasteiger partial charge on any atom is -0.474 e. The van der Waals surface area contributed by atoms with Gasteiger partial charge in [0.1, 0.15) is 6.61 Å². The normalized spacial score (nSPS) is 11.6. The van der Waals surface area contributed by atoms with E-state index in [-0.39, 0.29) is 5.60 Å². The van der Waals surface area contributed by atoms with E-state index in [0.717, 1.165) is 4.47 Å². The Morgan fingerprint density at radius 3 is 2.62 bits per heavy atom. The molecule has 0 aliphatic heterocycles. The van der Waals surface area contributed by atoms with Gasteiger partial charge in [-0.25, -0.2) is 4.98 Å². The van der Waals surface area contributed by atoms with Crippen molar-refractivity contribution in [1.29, 1.82) is 0 Å². The summed E-state index contributed by atoms with van der Waals surface area (Å²) in [4.78, 5) is 4.06. The number of aromatic nitrogens is 1. The molecule has 0 radical (unpaired) electrons. The summed E-state index contributed by atoms with van der Waals surface area (Å²) in [7, 11) is 0. The van der Waals surface area contributed by atoms with Gasteiger partial charge in [-0.3, -0.25) is 0 Å². The average Bonchev–Trinajstić information content (AvgIpc) is 2.13. The van der Waals surface area contributed by atoms with Crippen LogP contribution in [0.3, 0.4) is 0 Å². The molecule has 0 fully saturated rings. The highest BCUT2D eigenvalue weighted by molar-refractivity contribution is 9.10. The van der Waals surface area contributed by atoms with Gasteiger partial charge in [-0.05, 0) is 42.8 Å². The molecule has 0 atom stereocenters. The minimum absolute atomic E-state index is 0.145. The Hall–Kier alpha value is -0.320. The van der Waals surface area contributed by atoms with Crippen molar-refractivity contribution in [2.24, 2.45) is 0 Å². The maximum absolute atomic E-state index is 5.77. The van der Waals surface area contributed by atoms with Crippen LogP contribution in [0.15, 0.2) is 16.7 Å². The van der Waals surface area contributed by atoms with Crippen LogP contribution >= 0.6 is 27.5 Å². The molecule has 0 N–H and O–H groups in total. The summed E-state index contributed by atoms with van der Waals surface area (Å²) in [5.74, 6) is 0.530. The van der Waals surface area contributed by atoms with Crippen molar-refractivity contribution >= 4 is 27.5 Å². The lowest BCUT2D eigenvalue weighted by molar-refractivity contribution is -0.0168. The summed E-state index contributed by atoms with van der Waals surface area (Å²) in [6.07, 6.45) is 1.55. The number of hydrogen-bond acceptors (Lipinski definition) is 3. The molecule has 0 aliphatic rings. The Morgan fingerprint density at radius 1 is 1.38 bits per heavy atom. The Kier molecular flexibility index (Phi) is 5.02. The van der Waals surface area contributed by atoms with Gasteiger partial charge in [0.2, 0.25) is 5.88 Å². The van der Waals surface area contributed by atoms with E-state index in [1.165, 1.54) is 0 Å². The van der Waals surface area contributed by atoms with Crippen LogP contribution in [0.2, 0.25) is 5.02 Å². The highest BCUT2D eigenvalue weighted by atomic mass is 79.9. The Labute approximate surface area is 109 Å². The molecule has 0 aromatic carbocycles. The molecule has 3 nitrogen and oxygen atoms in total. The lowest BCUT2D eigenvalue weighted by Gasteiger charge is -2.19. The zero-order valence-electron chi connectivity index (χ0n) is 9.59. The Bertz CT molecular complexity index is 352. The highest BCUT2D eigenvalue weighted by Crippen LogP contribution is 2.24. The summed E-state index contributed by atoms with van der Waals surface area (Å²) in [6.45, 7) is 7.00. The molecule has 1 heterocycles. The third-order valence-corrected chi connectivity index (χ3v) is 2.41. The van der Waals surface area contributed by atoms with Gasteiger partial charge in [0.25, 0.3) is 0 Å². The first-order chi connectivity index (χ1) is 7.38. The van der Waals surface area contributed by atoms with Crippen LogP contribution in [0.4, 0.5) is 0 Å². The van der Waals surface area contributed by atoms with E-state index >= 15 is 0 Å². The van der Waals surface area contributed by atoms with Gasteiger partial charge in [0, 0.05) is 6.20 Å². The van der Waals surface area contributed by atoms with Crippen LogP contribution in [-0.2, 0) is 4.74 Å². The lowest BCUT2D eigenvalue weighted by Crippen LogP contribution is -2.22. The van der Waals surface area contributed by atoms with Gasteiger partial charge in [0.15, 0.2) is 0 Å². The summed E-state index contributed by atoms with van der Waals surface area (Å²) >= 11 is 9.09. The second kappa shape index (κ2) is 5.84. The third-order valence-electron chi connectivity index (χ3n) is 1.63. The molecule has 0 amide bonds. The third kappa shape index (κ3) is 5.14. The number of hydrogen-bond donors (Lipinski definition) is 0. The molecule has 1 aromatic heterocycles. The van der Waals surface area contributed by atoms with Crippen LogP contribution in [0, 0.1) is 0 Å². The first-order valence-corrected chi connectivity index (χ1v) is 6.13. The molecule has 0 unspecified atom stereocenters. The Balaban J connectivity index is 2.38. The largest absolute Gasteiger partial charge is 0.474 e. The van der Waals surface area contributed by atoms with Crippen LogP contribution < -0.4 is 4.74 Å². The molecule has 0 aliphatic carbocycles. The van der Waals surface area contributed by atoms with Crippen molar-refractivity contribution in [3.63, 3.8) is 0 Å². The topological polar surface area (TPSA) is 31.4 Å². The van der Waals surface area contributed by atoms with Gasteiger partial charge in [-0.1, -0.05) is 11.6 Å². The van der Waals surface area contributed by atoms with E-state index in [9.17, 15) is 0 Å². The second-order valence-corrected chi connectivity index (χ2v) is 5.54. The quantitative estimate of drug-likeness (QED) is 0.795. The lowest BCUT2D eigenvalue weighted by atomic mass is 10.2. The first kappa shape index (κ1) is 13.7. The van der Waals surface area contributed by atoms with Crippen molar-refractivity contribution in [2.45, 2.75) is 26.4 Å². The van der Waals surface area contributed by atoms with E-state index in [4.69, 9.17) is 21.1 Å². The van der Waals surface area contributed by atoms with Crippen LogP contribution in [-0.4, -0.2) is 23.8 Å². The summed E-state index contributed by atoms with van der Waals surface area (Å²) in [5, 5.41) is 0.574. The fourth-order valence-corrected chi connectivity index (χ4v) is 1.75. The van der Waals surface area contributed by atoms with E-state index in [1.54, 1.807) is 12.3 Å². The molecule has 5 heteroatoms.